The average Bonchev–Trinajstić information content (AvgIpc) is 2.88. The molecule has 2 atom stereocenters. The van der Waals surface area contributed by atoms with Crippen molar-refractivity contribution in [2.24, 2.45) is 0 Å². The lowest BCUT2D eigenvalue weighted by Gasteiger charge is -2.26. The zero-order chi connectivity index (χ0) is 24.9. The molecule has 2 N–H and O–H groups in total. The Morgan fingerprint density at radius 2 is 1.71 bits per heavy atom. The van der Waals surface area contributed by atoms with E-state index in [2.05, 4.69) is 20.1 Å². The van der Waals surface area contributed by atoms with E-state index >= 15 is 0 Å². The minimum Gasteiger partial charge on any atom is -0.496 e. The number of likely N-dealkylation sites (N-methyl/N-ethyl adjacent to an activating group) is 1. The number of hydrogen-bond acceptors (Lipinski definition) is 7. The second kappa shape index (κ2) is 14.4. The summed E-state index contributed by atoms with van der Waals surface area (Å²) in [6.45, 7) is 0.459. The maximum atomic E-state index is 13.2. The van der Waals surface area contributed by atoms with Gasteiger partial charge in [0.2, 0.25) is 5.91 Å². The van der Waals surface area contributed by atoms with Gasteiger partial charge < -0.3 is 24.8 Å². The molecule has 9 nitrogen and oxygen atoms in total. The van der Waals surface area contributed by atoms with Crippen molar-refractivity contribution in [2.75, 3.05) is 34.9 Å². The molecule has 0 aliphatic carbocycles. The zero-order valence-electron chi connectivity index (χ0n) is 20.1. The molecule has 2 aromatic rings. The van der Waals surface area contributed by atoms with Gasteiger partial charge in [-0.25, -0.2) is 5.06 Å². The Morgan fingerprint density at radius 3 is 2.24 bits per heavy atom. The van der Waals surface area contributed by atoms with Crippen LogP contribution >= 0.6 is 9.47 Å². The van der Waals surface area contributed by atoms with Crippen molar-refractivity contribution < 1.29 is 28.4 Å². The predicted octanol–water partition coefficient (Wildman–Crippen LogP) is 2.49. The van der Waals surface area contributed by atoms with Crippen LogP contribution in [-0.4, -0.2) is 57.8 Å². The maximum absolute atomic E-state index is 13.2. The van der Waals surface area contributed by atoms with Crippen LogP contribution in [0.15, 0.2) is 42.5 Å². The quantitative estimate of drug-likeness (QED) is 0.238. The van der Waals surface area contributed by atoms with E-state index in [0.29, 0.717) is 48.7 Å². The summed E-state index contributed by atoms with van der Waals surface area (Å²) < 4.78 is 22.3. The van der Waals surface area contributed by atoms with Gasteiger partial charge >= 0.3 is 0 Å². The number of amides is 2. The van der Waals surface area contributed by atoms with Crippen LogP contribution in [0, 0.1) is 0 Å². The zero-order valence-corrected chi connectivity index (χ0v) is 21.3. The Hall–Kier alpha value is -2.87. The van der Waals surface area contributed by atoms with Crippen LogP contribution in [0.4, 0.5) is 0 Å². The first-order valence-electron chi connectivity index (χ1n) is 10.9. The fourth-order valence-corrected chi connectivity index (χ4v) is 3.57. The van der Waals surface area contributed by atoms with E-state index < -0.39 is 6.04 Å². The number of rotatable bonds is 14. The largest absolute Gasteiger partial charge is 0.496 e. The van der Waals surface area contributed by atoms with Crippen molar-refractivity contribution in [3.8, 4) is 17.2 Å². The first-order valence-corrected chi connectivity index (χ1v) is 11.4. The van der Waals surface area contributed by atoms with Gasteiger partial charge in [0.15, 0.2) is 0 Å². The number of methoxy groups -OCH3 is 2. The Labute approximate surface area is 203 Å². The summed E-state index contributed by atoms with van der Waals surface area (Å²) in [5, 5.41) is 6.90. The molecule has 0 aliphatic heterocycles. The molecule has 10 heteroatoms. The fraction of sp³-hybridized carbons (Fsp3) is 0.417. The standard InChI is InChI=1S/C24H34N3O6P/c1-25-20(13-17-9-6-5-7-10-17)24(29)27(33-34)16-19-21(30-3)14-18(15-22(19)31-4)32-12-8-11-23(28)26-2/h5-7,9-10,14-15,20,25H,8,11-13,16,34H2,1-4H3,(H,26,28)/t20-/m0/s1. The van der Waals surface area contributed by atoms with E-state index in [-0.39, 0.29) is 18.4 Å². The predicted molar refractivity (Wildman–Crippen MR) is 133 cm³/mol. The van der Waals surface area contributed by atoms with Crippen molar-refractivity contribution in [3.05, 3.63) is 53.6 Å². The molecule has 2 amide bonds. The van der Waals surface area contributed by atoms with Gasteiger partial charge in [0.1, 0.15) is 17.2 Å². The third-order valence-corrected chi connectivity index (χ3v) is 5.54. The van der Waals surface area contributed by atoms with Crippen molar-refractivity contribution in [1.29, 1.82) is 0 Å². The van der Waals surface area contributed by atoms with Gasteiger partial charge in [-0.3, -0.25) is 14.2 Å². The number of nitrogens with one attached hydrogen (secondary N) is 2. The van der Waals surface area contributed by atoms with Crippen LogP contribution in [0.1, 0.15) is 24.0 Å². The van der Waals surface area contributed by atoms with E-state index in [0.717, 1.165) is 5.56 Å². The summed E-state index contributed by atoms with van der Waals surface area (Å²) in [6, 6.07) is 12.7. The SMILES string of the molecule is CNC(=O)CCCOc1cc(OC)c(CN(OP)C(=O)[C@H](Cc2ccccc2)NC)c(OC)c1. The van der Waals surface area contributed by atoms with Crippen LogP contribution in [-0.2, 0) is 27.2 Å². The highest BCUT2D eigenvalue weighted by Gasteiger charge is 2.26. The van der Waals surface area contributed by atoms with Gasteiger partial charge in [-0.1, -0.05) is 30.3 Å². The molecule has 0 aromatic heterocycles. The number of benzene rings is 2. The first-order chi connectivity index (χ1) is 16.5. The molecule has 1 unspecified atom stereocenters. The number of nitrogens with zero attached hydrogens (tertiary/aromatic N) is 1. The summed E-state index contributed by atoms with van der Waals surface area (Å²) in [5.74, 6) is 1.24. The van der Waals surface area contributed by atoms with E-state index in [1.807, 2.05) is 30.3 Å². The Kier molecular flexibility index (Phi) is 11.6. The molecule has 2 rings (SSSR count). The molecule has 2 aromatic carbocycles. The fourth-order valence-electron chi connectivity index (χ4n) is 3.39. The summed E-state index contributed by atoms with van der Waals surface area (Å²) in [6.07, 6.45) is 1.46. The third kappa shape index (κ3) is 7.87. The lowest BCUT2D eigenvalue weighted by molar-refractivity contribution is -0.159. The molecule has 0 fully saturated rings. The first kappa shape index (κ1) is 27.4. The normalized spacial score (nSPS) is 11.4. The average molecular weight is 492 g/mol. The smallest absolute Gasteiger partial charge is 0.264 e. The monoisotopic (exact) mass is 491 g/mol. The molecule has 0 aliphatic rings. The molecular weight excluding hydrogens is 457 g/mol. The molecule has 34 heavy (non-hydrogen) atoms. The molecular formula is C24H34N3O6P. The summed E-state index contributed by atoms with van der Waals surface area (Å²) in [7, 11) is 8.54. The second-order valence-corrected chi connectivity index (χ2v) is 7.65. The van der Waals surface area contributed by atoms with Crippen LogP contribution in [0.5, 0.6) is 17.2 Å². The van der Waals surface area contributed by atoms with Gasteiger partial charge in [0, 0.05) is 35.1 Å². The van der Waals surface area contributed by atoms with Crippen molar-refractivity contribution >= 4 is 21.3 Å². The number of hydroxylamine groups is 2. The summed E-state index contributed by atoms with van der Waals surface area (Å²) in [5.41, 5.74) is 1.67. The number of carbonyl (C=O) groups is 2. The Bertz CT molecular complexity index is 903. The van der Waals surface area contributed by atoms with Crippen molar-refractivity contribution in [1.82, 2.24) is 15.7 Å². The summed E-state index contributed by atoms with van der Waals surface area (Å²) >= 11 is 0. The van der Waals surface area contributed by atoms with Gasteiger partial charge in [-0.05, 0) is 25.5 Å². The Balaban J connectivity index is 2.16. The van der Waals surface area contributed by atoms with E-state index in [9.17, 15) is 9.59 Å². The van der Waals surface area contributed by atoms with Crippen LogP contribution < -0.4 is 24.8 Å². The second-order valence-electron chi connectivity index (χ2n) is 7.44. The van der Waals surface area contributed by atoms with Crippen molar-refractivity contribution in [3.63, 3.8) is 0 Å². The molecule has 0 radical (unpaired) electrons. The van der Waals surface area contributed by atoms with E-state index in [1.165, 1.54) is 19.3 Å². The van der Waals surface area contributed by atoms with Crippen LogP contribution in [0.3, 0.4) is 0 Å². The maximum Gasteiger partial charge on any atom is 0.264 e. The molecule has 0 saturated carbocycles. The molecule has 186 valence electrons. The van der Waals surface area contributed by atoms with Gasteiger partial charge in [-0.15, -0.1) is 0 Å². The number of carbonyl (C=O) groups excluding carboxylic acids is 2. The lowest BCUT2D eigenvalue weighted by Crippen LogP contribution is -2.45. The minimum atomic E-state index is -0.483. The van der Waals surface area contributed by atoms with Gasteiger partial charge in [-0.2, -0.15) is 0 Å². The molecule has 0 heterocycles. The van der Waals surface area contributed by atoms with Crippen LogP contribution in [0.2, 0.25) is 0 Å². The highest BCUT2D eigenvalue weighted by atomic mass is 31.0. The van der Waals surface area contributed by atoms with Gasteiger partial charge in [0.25, 0.3) is 5.91 Å². The number of hydrogen-bond donors (Lipinski definition) is 2. The van der Waals surface area contributed by atoms with E-state index in [1.54, 1.807) is 26.2 Å². The highest BCUT2D eigenvalue weighted by Crippen LogP contribution is 2.35. The van der Waals surface area contributed by atoms with E-state index in [4.69, 9.17) is 18.8 Å². The highest BCUT2D eigenvalue weighted by molar-refractivity contribution is 7.09. The number of ether oxygens (including phenoxy) is 3. The van der Waals surface area contributed by atoms with Gasteiger partial charge in [0.05, 0.1) is 39.0 Å². The molecule has 0 saturated heterocycles. The third-order valence-electron chi connectivity index (χ3n) is 5.28. The lowest BCUT2D eigenvalue weighted by atomic mass is 10.0. The molecule has 0 bridgehead atoms. The van der Waals surface area contributed by atoms with Crippen LogP contribution in [0.25, 0.3) is 0 Å². The topological polar surface area (TPSA) is 98.4 Å². The minimum absolute atomic E-state index is 0.0385. The molecule has 0 spiro atoms. The Morgan fingerprint density at radius 1 is 1.06 bits per heavy atom. The van der Waals surface area contributed by atoms with Crippen molar-refractivity contribution in [2.45, 2.75) is 31.8 Å². The summed E-state index contributed by atoms with van der Waals surface area (Å²) in [4.78, 5) is 24.6.